The average Bonchev–Trinajstić information content (AvgIpc) is 3.60. The number of nitrogens with zero attached hydrogens (tertiary/aromatic N) is 5. The Bertz CT molecular complexity index is 1650. The Morgan fingerprint density at radius 1 is 1.24 bits per heavy atom. The van der Waals surface area contributed by atoms with Crippen LogP contribution in [0.4, 0.5) is 0 Å². The lowest BCUT2D eigenvalue weighted by atomic mass is 10.1. The first-order valence-electron chi connectivity index (χ1n) is 12.0. The van der Waals surface area contributed by atoms with Crippen LogP contribution in [-0.4, -0.2) is 57.2 Å². The molecule has 38 heavy (non-hydrogen) atoms. The highest BCUT2D eigenvalue weighted by atomic mass is 32.2. The largest absolute Gasteiger partial charge is 0.473 e. The third-order valence-electron chi connectivity index (χ3n) is 6.92. The number of carbonyl (C=O) groups excluding carboxylic acids is 2. The third kappa shape index (κ3) is 4.37. The molecule has 2 aliphatic rings. The fourth-order valence-corrected chi connectivity index (χ4v) is 6.50. The van der Waals surface area contributed by atoms with Crippen molar-refractivity contribution < 1.29 is 22.7 Å². The number of aromatic nitrogens is 3. The minimum Gasteiger partial charge on any atom is -0.473 e. The van der Waals surface area contributed by atoms with E-state index in [2.05, 4.69) is 15.5 Å². The summed E-state index contributed by atoms with van der Waals surface area (Å²) in [7, 11) is -2.43. The number of amides is 2. The van der Waals surface area contributed by atoms with Gasteiger partial charge in [0, 0.05) is 31.9 Å². The molecule has 0 spiro atoms. The van der Waals surface area contributed by atoms with Crippen LogP contribution >= 0.6 is 0 Å². The van der Waals surface area contributed by atoms with E-state index in [1.807, 2.05) is 6.07 Å². The van der Waals surface area contributed by atoms with E-state index in [9.17, 15) is 22.8 Å². The van der Waals surface area contributed by atoms with Crippen molar-refractivity contribution in [1.82, 2.24) is 24.4 Å². The molecule has 1 aromatic carbocycles. The molecule has 1 saturated carbocycles. The molecule has 13 heteroatoms. The summed E-state index contributed by atoms with van der Waals surface area (Å²) >= 11 is 0. The Morgan fingerprint density at radius 3 is 2.61 bits per heavy atom. The number of benzene rings is 1. The van der Waals surface area contributed by atoms with Crippen molar-refractivity contribution in [2.45, 2.75) is 37.0 Å². The molecule has 12 nitrogen and oxygen atoms in total. The van der Waals surface area contributed by atoms with E-state index in [0.29, 0.717) is 30.2 Å². The van der Waals surface area contributed by atoms with Crippen molar-refractivity contribution in [2.75, 3.05) is 13.2 Å². The number of rotatable bonds is 8. The van der Waals surface area contributed by atoms with E-state index < -0.39 is 32.1 Å². The lowest BCUT2D eigenvalue weighted by Gasteiger charge is -2.24. The normalized spacial score (nSPS) is 16.3. The van der Waals surface area contributed by atoms with Gasteiger partial charge in [-0.3, -0.25) is 14.4 Å². The van der Waals surface area contributed by atoms with Crippen molar-refractivity contribution in [3.05, 3.63) is 63.6 Å². The molecular formula is C25H24N6O6S. The monoisotopic (exact) mass is 536 g/mol. The number of hydrogen-bond donors (Lipinski definition) is 1. The maximum absolute atomic E-state index is 13.1. The summed E-state index contributed by atoms with van der Waals surface area (Å²) in [5, 5.41) is 19.9. The second-order valence-electron chi connectivity index (χ2n) is 9.41. The van der Waals surface area contributed by atoms with E-state index in [1.165, 1.54) is 23.9 Å². The van der Waals surface area contributed by atoms with Gasteiger partial charge in [-0.05, 0) is 43.0 Å². The van der Waals surface area contributed by atoms with Crippen LogP contribution < -0.4 is 15.6 Å². The Balaban J connectivity index is 1.36. The molecule has 2 aromatic heterocycles. The van der Waals surface area contributed by atoms with Crippen LogP contribution in [0.1, 0.15) is 47.2 Å². The lowest BCUT2D eigenvalue weighted by molar-refractivity contribution is -0.123. The zero-order valence-corrected chi connectivity index (χ0v) is 21.3. The van der Waals surface area contributed by atoms with E-state index in [-0.39, 0.29) is 43.1 Å². The molecule has 0 bridgehead atoms. The van der Waals surface area contributed by atoms with Crippen LogP contribution in [0.2, 0.25) is 0 Å². The first-order valence-corrected chi connectivity index (χ1v) is 13.4. The molecule has 2 fully saturated rings. The summed E-state index contributed by atoms with van der Waals surface area (Å²) in [6, 6.07) is 10.1. The van der Waals surface area contributed by atoms with Gasteiger partial charge in [0.05, 0.1) is 17.8 Å². The van der Waals surface area contributed by atoms with Gasteiger partial charge in [0.15, 0.2) is 0 Å². The minimum atomic E-state index is -3.90. The number of hydrogen-bond acceptors (Lipinski definition) is 9. The van der Waals surface area contributed by atoms with Crippen LogP contribution in [0.15, 0.2) is 41.3 Å². The van der Waals surface area contributed by atoms with Gasteiger partial charge in [0.25, 0.3) is 17.3 Å². The summed E-state index contributed by atoms with van der Waals surface area (Å²) in [5.74, 6) is -1.04. The number of fused-ring (bicyclic) bond motifs is 1. The van der Waals surface area contributed by atoms with Crippen molar-refractivity contribution in [2.24, 2.45) is 7.05 Å². The molecule has 1 aliphatic carbocycles. The van der Waals surface area contributed by atoms with Crippen LogP contribution in [0.5, 0.6) is 5.88 Å². The fraction of sp³-hybridized carbons (Fsp3) is 0.360. The van der Waals surface area contributed by atoms with Gasteiger partial charge in [-0.2, -0.15) is 10.4 Å². The molecule has 1 aliphatic heterocycles. The van der Waals surface area contributed by atoms with Gasteiger partial charge in [-0.1, -0.05) is 12.1 Å². The summed E-state index contributed by atoms with van der Waals surface area (Å²) < 4.78 is 33.0. The zero-order chi connectivity index (χ0) is 27.1. The quantitative estimate of drug-likeness (QED) is 0.442. The Kier molecular flexibility index (Phi) is 6.36. The molecule has 1 N–H and O–H groups in total. The van der Waals surface area contributed by atoms with Gasteiger partial charge >= 0.3 is 0 Å². The summed E-state index contributed by atoms with van der Waals surface area (Å²) in [5.41, 5.74) is 0.818. The maximum atomic E-state index is 13.1. The molecule has 3 aromatic rings. The Hall–Kier alpha value is -4.31. The second kappa shape index (κ2) is 9.53. The third-order valence-corrected chi connectivity index (χ3v) is 9.51. The molecule has 0 radical (unpaired) electrons. The number of sulfonamides is 1. The van der Waals surface area contributed by atoms with Gasteiger partial charge in [-0.25, -0.2) is 12.7 Å². The van der Waals surface area contributed by atoms with Crippen LogP contribution in [-0.2, 0) is 28.4 Å². The molecule has 2 amide bonds. The fourth-order valence-electron chi connectivity index (χ4n) is 4.48. The second-order valence-corrected chi connectivity index (χ2v) is 11.7. The molecular weight excluding hydrogens is 512 g/mol. The summed E-state index contributed by atoms with van der Waals surface area (Å²) in [6.45, 7) is 0.0835. The number of carbonyl (C=O) groups is 2. The molecule has 5 rings (SSSR count). The SMILES string of the molecule is Cn1c(=O)c(C(=O)NCc2ccc(C#N)cc2)cc2cnnc(OCC3(S(=O)(=O)N4CCCC4=O)CC3)c21. The standard InChI is InChI=1S/C25H24N6O6S/c1-30-21-18(11-19(24(30)34)22(33)27-13-17-6-4-16(12-26)5-7-17)14-28-29-23(21)37-15-25(8-9-25)38(35,36)31-10-2-3-20(31)32/h4-7,11,14H,2-3,8-10,13,15H2,1H3,(H,27,33). The van der Waals surface area contributed by atoms with Crippen molar-refractivity contribution >= 4 is 32.7 Å². The smallest absolute Gasteiger partial charge is 0.263 e. The predicted molar refractivity (Wildman–Crippen MR) is 134 cm³/mol. The van der Waals surface area contributed by atoms with E-state index in [4.69, 9.17) is 10.00 Å². The Labute approximate surface area is 217 Å². The minimum absolute atomic E-state index is 0.0409. The van der Waals surface area contributed by atoms with Crippen LogP contribution in [0.25, 0.3) is 10.9 Å². The highest BCUT2D eigenvalue weighted by molar-refractivity contribution is 7.91. The molecule has 1 saturated heterocycles. The van der Waals surface area contributed by atoms with Gasteiger partial charge < -0.3 is 14.6 Å². The van der Waals surface area contributed by atoms with Gasteiger partial charge in [0.1, 0.15) is 22.4 Å². The van der Waals surface area contributed by atoms with Crippen molar-refractivity contribution in [1.29, 1.82) is 5.26 Å². The van der Waals surface area contributed by atoms with Crippen molar-refractivity contribution in [3.63, 3.8) is 0 Å². The van der Waals surface area contributed by atoms with E-state index in [1.54, 1.807) is 24.3 Å². The topological polar surface area (TPSA) is 164 Å². The number of pyridine rings is 1. The first kappa shape index (κ1) is 25.3. The number of ether oxygens (including phenoxy) is 1. The highest BCUT2D eigenvalue weighted by Gasteiger charge is 2.59. The van der Waals surface area contributed by atoms with Crippen molar-refractivity contribution in [3.8, 4) is 11.9 Å². The van der Waals surface area contributed by atoms with E-state index in [0.717, 1.165) is 9.87 Å². The highest BCUT2D eigenvalue weighted by Crippen LogP contribution is 2.46. The average molecular weight is 537 g/mol. The van der Waals surface area contributed by atoms with Gasteiger partial charge in [0.2, 0.25) is 15.9 Å². The zero-order valence-electron chi connectivity index (χ0n) is 20.5. The number of nitrogens with one attached hydrogen (secondary N) is 1. The molecule has 196 valence electrons. The maximum Gasteiger partial charge on any atom is 0.263 e. The van der Waals surface area contributed by atoms with E-state index >= 15 is 0 Å². The van der Waals surface area contributed by atoms with Crippen LogP contribution in [0.3, 0.4) is 0 Å². The van der Waals surface area contributed by atoms with Gasteiger partial charge in [-0.15, -0.1) is 5.10 Å². The predicted octanol–water partition coefficient (Wildman–Crippen LogP) is 0.994. The molecule has 0 atom stereocenters. The molecule has 3 heterocycles. The first-order chi connectivity index (χ1) is 18.2. The lowest BCUT2D eigenvalue weighted by Crippen LogP contribution is -2.43. The van der Waals surface area contributed by atoms with Crippen LogP contribution in [0, 0.1) is 11.3 Å². The number of aryl methyl sites for hydroxylation is 1. The Morgan fingerprint density at radius 2 is 1.97 bits per heavy atom. The summed E-state index contributed by atoms with van der Waals surface area (Å²) in [4.78, 5) is 38.0. The summed E-state index contributed by atoms with van der Waals surface area (Å²) in [6.07, 6.45) is 2.77. The molecule has 0 unspecified atom stereocenters. The number of nitriles is 1.